The predicted octanol–water partition coefficient (Wildman–Crippen LogP) is 1.84. The van der Waals surface area contributed by atoms with Crippen molar-refractivity contribution in [2.75, 3.05) is 5.88 Å². The van der Waals surface area contributed by atoms with E-state index < -0.39 is 0 Å². The standard InChI is InChI=1S/C5H10BCl/c1-5(2,3-6)4-7/h3-4H2,1-2H3. The van der Waals surface area contributed by atoms with Crippen LogP contribution in [0, 0.1) is 5.41 Å². The second kappa shape index (κ2) is 2.61. The van der Waals surface area contributed by atoms with Gasteiger partial charge in [-0.2, -0.15) is 0 Å². The molecule has 0 spiro atoms. The second-order valence-electron chi connectivity index (χ2n) is 2.50. The molecular formula is C5H10BCl. The third kappa shape index (κ3) is 2.98. The van der Waals surface area contributed by atoms with Crippen molar-refractivity contribution in [1.29, 1.82) is 0 Å². The number of hydrogen-bond donors (Lipinski definition) is 0. The van der Waals surface area contributed by atoms with Crippen LogP contribution in [0.4, 0.5) is 0 Å². The Balaban J connectivity index is 3.36. The van der Waals surface area contributed by atoms with Gasteiger partial charge < -0.3 is 0 Å². The zero-order valence-corrected chi connectivity index (χ0v) is 5.63. The Labute approximate surface area is 51.7 Å². The molecule has 2 radical (unpaired) electrons. The molecule has 0 bridgehead atoms. The third-order valence-corrected chi connectivity index (χ3v) is 1.64. The van der Waals surface area contributed by atoms with E-state index >= 15 is 0 Å². The summed E-state index contributed by atoms with van der Waals surface area (Å²) in [5.41, 5.74) is 0.127. The van der Waals surface area contributed by atoms with Crippen molar-refractivity contribution in [2.24, 2.45) is 5.41 Å². The van der Waals surface area contributed by atoms with Gasteiger partial charge in [0.1, 0.15) is 0 Å². The van der Waals surface area contributed by atoms with Gasteiger partial charge in [0.2, 0.25) is 0 Å². The molecule has 2 heteroatoms. The first-order valence-electron chi connectivity index (χ1n) is 2.38. The van der Waals surface area contributed by atoms with Gasteiger partial charge in [-0.15, -0.1) is 11.6 Å². The van der Waals surface area contributed by atoms with Crippen LogP contribution >= 0.6 is 11.6 Å². The second-order valence-corrected chi connectivity index (χ2v) is 2.77. The first-order chi connectivity index (χ1) is 3.12. The Morgan fingerprint density at radius 2 is 2.00 bits per heavy atom. The van der Waals surface area contributed by atoms with E-state index in [0.29, 0.717) is 12.2 Å². The van der Waals surface area contributed by atoms with Gasteiger partial charge in [-0.3, -0.25) is 0 Å². The molecule has 0 unspecified atom stereocenters. The van der Waals surface area contributed by atoms with Crippen molar-refractivity contribution in [3.05, 3.63) is 0 Å². The van der Waals surface area contributed by atoms with Gasteiger partial charge in [0, 0.05) is 5.88 Å². The lowest BCUT2D eigenvalue weighted by Crippen LogP contribution is -2.11. The molecule has 0 heterocycles. The molecule has 0 aliphatic heterocycles. The van der Waals surface area contributed by atoms with Crippen LogP contribution in [0.3, 0.4) is 0 Å². The minimum Gasteiger partial charge on any atom is -0.126 e. The van der Waals surface area contributed by atoms with Crippen molar-refractivity contribution in [2.45, 2.75) is 20.2 Å². The molecule has 0 saturated carbocycles. The lowest BCUT2D eigenvalue weighted by molar-refractivity contribution is 0.477. The Morgan fingerprint density at radius 3 is 2.00 bits per heavy atom. The van der Waals surface area contributed by atoms with Crippen molar-refractivity contribution < 1.29 is 0 Å². The molecule has 0 nitrogen and oxygen atoms in total. The highest BCUT2D eigenvalue weighted by molar-refractivity contribution is 6.19. The summed E-state index contributed by atoms with van der Waals surface area (Å²) >= 11 is 5.51. The maximum atomic E-state index is 5.51. The van der Waals surface area contributed by atoms with Crippen LogP contribution in [-0.2, 0) is 0 Å². The monoisotopic (exact) mass is 116 g/mol. The molecule has 0 aliphatic rings. The first-order valence-corrected chi connectivity index (χ1v) is 2.92. The Kier molecular flexibility index (Phi) is 2.74. The smallest absolute Gasteiger partial charge is 0.0660 e. The fourth-order valence-corrected chi connectivity index (χ4v) is 0.164. The van der Waals surface area contributed by atoms with Gasteiger partial charge in [0.05, 0.1) is 7.85 Å². The minimum absolute atomic E-state index is 0.127. The van der Waals surface area contributed by atoms with Gasteiger partial charge in [-0.25, -0.2) is 0 Å². The van der Waals surface area contributed by atoms with E-state index in [4.69, 9.17) is 19.4 Å². The van der Waals surface area contributed by atoms with Gasteiger partial charge in [0.15, 0.2) is 0 Å². The van der Waals surface area contributed by atoms with Crippen molar-refractivity contribution in [1.82, 2.24) is 0 Å². The van der Waals surface area contributed by atoms with Crippen molar-refractivity contribution >= 4 is 19.4 Å². The third-order valence-electron chi connectivity index (χ3n) is 0.914. The van der Waals surface area contributed by atoms with Crippen LogP contribution in [-0.4, -0.2) is 13.7 Å². The summed E-state index contributed by atoms with van der Waals surface area (Å²) in [4.78, 5) is 0. The van der Waals surface area contributed by atoms with Gasteiger partial charge in [-0.05, 0) is 5.41 Å². The quantitative estimate of drug-likeness (QED) is 0.381. The number of hydrogen-bond acceptors (Lipinski definition) is 0. The molecule has 0 N–H and O–H groups in total. The molecule has 0 amide bonds. The summed E-state index contributed by atoms with van der Waals surface area (Å²) in [7, 11) is 5.33. The zero-order valence-electron chi connectivity index (χ0n) is 4.87. The fraction of sp³-hybridized carbons (Fsp3) is 1.00. The molecule has 0 aliphatic carbocycles. The highest BCUT2D eigenvalue weighted by Crippen LogP contribution is 2.19. The van der Waals surface area contributed by atoms with Crippen LogP contribution in [0.2, 0.25) is 6.32 Å². The molecule has 0 fully saturated rings. The maximum Gasteiger partial charge on any atom is 0.0660 e. The van der Waals surface area contributed by atoms with Gasteiger partial charge in [-0.1, -0.05) is 20.2 Å². The molecule has 0 atom stereocenters. The predicted molar refractivity (Wildman–Crippen MR) is 35.1 cm³/mol. The van der Waals surface area contributed by atoms with Crippen LogP contribution in [0.1, 0.15) is 13.8 Å². The number of alkyl halides is 1. The summed E-state index contributed by atoms with van der Waals surface area (Å²) < 4.78 is 0. The Morgan fingerprint density at radius 1 is 1.57 bits per heavy atom. The molecule has 0 aromatic heterocycles. The van der Waals surface area contributed by atoms with Crippen molar-refractivity contribution in [3.63, 3.8) is 0 Å². The largest absolute Gasteiger partial charge is 0.126 e. The van der Waals surface area contributed by atoms with E-state index in [-0.39, 0.29) is 5.41 Å². The van der Waals surface area contributed by atoms with Crippen LogP contribution in [0.15, 0.2) is 0 Å². The highest BCUT2D eigenvalue weighted by Gasteiger charge is 2.10. The zero-order chi connectivity index (χ0) is 5.91. The lowest BCUT2D eigenvalue weighted by Gasteiger charge is -2.17. The molecule has 0 saturated heterocycles. The molecular weight excluding hydrogens is 106 g/mol. The Hall–Kier alpha value is 0.355. The first kappa shape index (κ1) is 7.35. The van der Waals surface area contributed by atoms with Crippen LogP contribution < -0.4 is 0 Å². The SMILES string of the molecule is [B]CC(C)(C)CCl. The fourth-order valence-electron chi connectivity index (χ4n) is 0.0546. The number of halogens is 1. The van der Waals surface area contributed by atoms with E-state index in [1.807, 2.05) is 13.8 Å². The van der Waals surface area contributed by atoms with Crippen LogP contribution in [0.25, 0.3) is 0 Å². The summed E-state index contributed by atoms with van der Waals surface area (Å²) in [6.45, 7) is 4.08. The summed E-state index contributed by atoms with van der Waals surface area (Å²) in [5.74, 6) is 0.642. The summed E-state index contributed by atoms with van der Waals surface area (Å²) in [6.07, 6.45) is 0.663. The van der Waals surface area contributed by atoms with E-state index in [0.717, 1.165) is 0 Å². The molecule has 40 valence electrons. The Bertz CT molecular complexity index is 46.0. The van der Waals surface area contributed by atoms with Gasteiger partial charge >= 0.3 is 0 Å². The maximum absolute atomic E-state index is 5.51. The number of rotatable bonds is 2. The molecule has 0 aromatic carbocycles. The van der Waals surface area contributed by atoms with E-state index in [1.54, 1.807) is 0 Å². The summed E-state index contributed by atoms with van der Waals surface area (Å²) in [5, 5.41) is 0. The average Bonchev–Trinajstić information content (AvgIpc) is 1.68. The normalized spacial score (nSPS) is 11.9. The van der Waals surface area contributed by atoms with Gasteiger partial charge in [0.25, 0.3) is 0 Å². The van der Waals surface area contributed by atoms with Crippen molar-refractivity contribution in [3.8, 4) is 0 Å². The van der Waals surface area contributed by atoms with E-state index in [2.05, 4.69) is 0 Å². The minimum atomic E-state index is 0.127. The molecule has 0 rings (SSSR count). The topological polar surface area (TPSA) is 0 Å². The summed E-state index contributed by atoms with van der Waals surface area (Å²) in [6, 6.07) is 0. The van der Waals surface area contributed by atoms with E-state index in [1.165, 1.54) is 0 Å². The van der Waals surface area contributed by atoms with Crippen LogP contribution in [0.5, 0.6) is 0 Å². The highest BCUT2D eigenvalue weighted by atomic mass is 35.5. The average molecular weight is 116 g/mol. The molecule has 0 aromatic rings. The van der Waals surface area contributed by atoms with E-state index in [9.17, 15) is 0 Å². The molecule has 7 heavy (non-hydrogen) atoms. The lowest BCUT2D eigenvalue weighted by atomic mass is 9.81.